The fourth-order valence-electron chi connectivity index (χ4n) is 3.59. The number of aryl methyl sites for hydroxylation is 1. The quantitative estimate of drug-likeness (QED) is 0.616. The van der Waals surface area contributed by atoms with Gasteiger partial charge in [-0.1, -0.05) is 0 Å². The zero-order chi connectivity index (χ0) is 21.6. The first kappa shape index (κ1) is 20.7. The van der Waals surface area contributed by atoms with Crippen LogP contribution in [-0.2, 0) is 12.8 Å². The fourth-order valence-corrected chi connectivity index (χ4v) is 4.58. The first-order valence-corrected chi connectivity index (χ1v) is 10.0. The maximum absolute atomic E-state index is 13.7. The Balaban J connectivity index is 1.96. The van der Waals surface area contributed by atoms with Gasteiger partial charge in [0, 0.05) is 23.2 Å². The van der Waals surface area contributed by atoms with E-state index in [0.717, 1.165) is 6.07 Å². The van der Waals surface area contributed by atoms with Crippen LogP contribution in [0, 0.1) is 6.92 Å². The lowest BCUT2D eigenvalue weighted by atomic mass is 9.99. The van der Waals surface area contributed by atoms with Crippen molar-refractivity contribution in [3.05, 3.63) is 46.1 Å². The van der Waals surface area contributed by atoms with Gasteiger partial charge >= 0.3 is 6.18 Å². The number of carbonyl (C=O) groups is 1. The lowest BCUT2D eigenvalue weighted by Crippen LogP contribution is -2.30. The SMILES string of the molecule is Cc1cc(C(F)(F)F)nc(-c2ccnc3cc(CO)sc23)c1C(=O)N1CC[C@H](F)C1. The molecule has 0 spiro atoms. The Labute approximate surface area is 173 Å². The van der Waals surface area contributed by atoms with Gasteiger partial charge in [0.2, 0.25) is 0 Å². The maximum atomic E-state index is 13.7. The van der Waals surface area contributed by atoms with Gasteiger partial charge in [-0.2, -0.15) is 13.2 Å². The molecule has 0 radical (unpaired) electrons. The third-order valence-corrected chi connectivity index (χ3v) is 6.16. The normalized spacial score (nSPS) is 17.1. The summed E-state index contributed by atoms with van der Waals surface area (Å²) in [4.78, 5) is 23.1. The van der Waals surface area contributed by atoms with Crippen molar-refractivity contribution >= 4 is 27.5 Å². The number of rotatable bonds is 3. The van der Waals surface area contributed by atoms with E-state index in [1.54, 1.807) is 6.07 Å². The summed E-state index contributed by atoms with van der Waals surface area (Å²) in [5.74, 6) is -0.548. The zero-order valence-electron chi connectivity index (χ0n) is 15.8. The number of thiophene rings is 1. The molecule has 0 saturated carbocycles. The van der Waals surface area contributed by atoms with E-state index < -0.39 is 23.9 Å². The van der Waals surface area contributed by atoms with E-state index >= 15 is 0 Å². The number of aliphatic hydroxyl groups is 1. The van der Waals surface area contributed by atoms with Crippen LogP contribution in [0.2, 0.25) is 0 Å². The predicted molar refractivity (Wildman–Crippen MR) is 104 cm³/mol. The van der Waals surface area contributed by atoms with Crippen LogP contribution in [0.3, 0.4) is 0 Å². The van der Waals surface area contributed by atoms with Crippen LogP contribution in [0.15, 0.2) is 24.4 Å². The number of nitrogens with zero attached hydrogens (tertiary/aromatic N) is 3. The lowest BCUT2D eigenvalue weighted by Gasteiger charge is -2.20. The number of alkyl halides is 4. The molecule has 1 N–H and O–H groups in total. The van der Waals surface area contributed by atoms with Crippen LogP contribution in [0.5, 0.6) is 0 Å². The number of amides is 1. The summed E-state index contributed by atoms with van der Waals surface area (Å²) in [5.41, 5.74) is -0.291. The molecule has 0 unspecified atom stereocenters. The molecule has 3 aromatic heterocycles. The lowest BCUT2D eigenvalue weighted by molar-refractivity contribution is -0.141. The zero-order valence-corrected chi connectivity index (χ0v) is 16.6. The highest BCUT2D eigenvalue weighted by Gasteiger charge is 2.36. The van der Waals surface area contributed by atoms with Crippen LogP contribution < -0.4 is 0 Å². The van der Waals surface area contributed by atoms with Gasteiger partial charge < -0.3 is 10.0 Å². The van der Waals surface area contributed by atoms with E-state index in [0.29, 0.717) is 20.7 Å². The third-order valence-electron chi connectivity index (χ3n) is 5.01. The molecular weight excluding hydrogens is 422 g/mol. The van der Waals surface area contributed by atoms with E-state index in [1.807, 2.05) is 0 Å². The molecule has 30 heavy (non-hydrogen) atoms. The van der Waals surface area contributed by atoms with E-state index in [9.17, 15) is 27.5 Å². The second kappa shape index (κ2) is 7.59. The molecule has 1 saturated heterocycles. The van der Waals surface area contributed by atoms with Crippen LogP contribution in [0.1, 0.15) is 32.9 Å². The second-order valence-corrected chi connectivity index (χ2v) is 8.26. The van der Waals surface area contributed by atoms with Gasteiger partial charge in [-0.3, -0.25) is 9.78 Å². The molecule has 5 nitrogen and oxygen atoms in total. The Kier molecular flexibility index (Phi) is 5.23. The molecule has 1 amide bonds. The standard InChI is InChI=1S/C20H17F4N3O2S/c1-10-6-15(20(22,23)24)26-17(16(10)19(29)27-5-3-11(21)8-27)13-2-4-25-14-7-12(9-28)30-18(13)14/h2,4,6-7,11,28H,3,5,8-9H2,1H3/t11-/m0/s1. The van der Waals surface area contributed by atoms with E-state index in [-0.39, 0.29) is 42.9 Å². The number of hydrogen-bond acceptors (Lipinski definition) is 5. The van der Waals surface area contributed by atoms with Crippen molar-refractivity contribution in [3.8, 4) is 11.3 Å². The summed E-state index contributed by atoms with van der Waals surface area (Å²) < 4.78 is 54.6. The molecule has 1 fully saturated rings. The Morgan fingerprint density at radius 2 is 2.13 bits per heavy atom. The first-order valence-electron chi connectivity index (χ1n) is 9.20. The summed E-state index contributed by atoms with van der Waals surface area (Å²) in [6, 6.07) is 3.98. The monoisotopic (exact) mass is 439 g/mol. The number of pyridine rings is 2. The topological polar surface area (TPSA) is 66.3 Å². The average molecular weight is 439 g/mol. The van der Waals surface area contributed by atoms with Crippen LogP contribution in [0.25, 0.3) is 21.5 Å². The van der Waals surface area contributed by atoms with Crippen molar-refractivity contribution in [2.24, 2.45) is 0 Å². The predicted octanol–water partition coefficient (Wildman–Crippen LogP) is 4.36. The van der Waals surface area contributed by atoms with Crippen molar-refractivity contribution in [3.63, 3.8) is 0 Å². The number of carbonyl (C=O) groups excluding carboxylic acids is 1. The van der Waals surface area contributed by atoms with Crippen molar-refractivity contribution in [1.29, 1.82) is 0 Å². The van der Waals surface area contributed by atoms with Crippen molar-refractivity contribution < 1.29 is 27.5 Å². The molecule has 1 aliphatic heterocycles. The summed E-state index contributed by atoms with van der Waals surface area (Å²) >= 11 is 1.17. The molecule has 158 valence electrons. The van der Waals surface area contributed by atoms with Crippen molar-refractivity contribution in [2.75, 3.05) is 13.1 Å². The van der Waals surface area contributed by atoms with Gasteiger partial charge in [0.15, 0.2) is 0 Å². The van der Waals surface area contributed by atoms with Crippen LogP contribution in [-0.4, -0.2) is 45.1 Å². The van der Waals surface area contributed by atoms with Gasteiger partial charge in [-0.05, 0) is 37.1 Å². The molecule has 0 aliphatic carbocycles. The summed E-state index contributed by atoms with van der Waals surface area (Å²) in [6.07, 6.45) is -4.24. The molecule has 4 heterocycles. The molecule has 0 aromatic carbocycles. The Morgan fingerprint density at radius 1 is 1.37 bits per heavy atom. The van der Waals surface area contributed by atoms with E-state index in [4.69, 9.17) is 0 Å². The summed E-state index contributed by atoms with van der Waals surface area (Å²) in [7, 11) is 0. The van der Waals surface area contributed by atoms with E-state index in [2.05, 4.69) is 9.97 Å². The largest absolute Gasteiger partial charge is 0.433 e. The molecule has 4 rings (SSSR count). The maximum Gasteiger partial charge on any atom is 0.433 e. The number of aliphatic hydroxyl groups excluding tert-OH is 1. The molecule has 1 aliphatic rings. The highest BCUT2D eigenvalue weighted by Crippen LogP contribution is 2.38. The third kappa shape index (κ3) is 3.65. The molecule has 1 atom stereocenters. The van der Waals surface area contributed by atoms with Gasteiger partial charge in [-0.25, -0.2) is 9.37 Å². The van der Waals surface area contributed by atoms with Crippen LogP contribution in [0.4, 0.5) is 17.6 Å². The number of halogens is 4. The number of fused-ring (bicyclic) bond motifs is 1. The highest BCUT2D eigenvalue weighted by atomic mass is 32.1. The first-order chi connectivity index (χ1) is 14.2. The molecule has 10 heteroatoms. The minimum Gasteiger partial charge on any atom is -0.391 e. The minimum absolute atomic E-state index is 0.0172. The number of hydrogen-bond donors (Lipinski definition) is 1. The van der Waals surface area contributed by atoms with Gasteiger partial charge in [-0.15, -0.1) is 11.3 Å². The number of aromatic nitrogens is 2. The molecule has 0 bridgehead atoms. The van der Waals surface area contributed by atoms with Gasteiger partial charge in [0.25, 0.3) is 5.91 Å². The van der Waals surface area contributed by atoms with E-state index in [1.165, 1.54) is 35.4 Å². The minimum atomic E-state index is -4.70. The van der Waals surface area contributed by atoms with Crippen molar-refractivity contribution in [2.45, 2.75) is 32.3 Å². The summed E-state index contributed by atoms with van der Waals surface area (Å²) in [6.45, 7) is 1.27. The Hall–Kier alpha value is -2.59. The number of likely N-dealkylation sites (tertiary alicyclic amines) is 1. The second-order valence-electron chi connectivity index (χ2n) is 7.13. The molecule has 3 aromatic rings. The summed E-state index contributed by atoms with van der Waals surface area (Å²) in [5, 5.41) is 9.43. The highest BCUT2D eigenvalue weighted by molar-refractivity contribution is 7.19. The van der Waals surface area contributed by atoms with Gasteiger partial charge in [0.05, 0.1) is 34.6 Å². The van der Waals surface area contributed by atoms with Crippen molar-refractivity contribution in [1.82, 2.24) is 14.9 Å². The van der Waals surface area contributed by atoms with Crippen LogP contribution >= 0.6 is 11.3 Å². The fraction of sp³-hybridized carbons (Fsp3) is 0.350. The molecular formula is C20H17F4N3O2S. The average Bonchev–Trinajstić information content (AvgIpc) is 3.31. The van der Waals surface area contributed by atoms with Gasteiger partial charge in [0.1, 0.15) is 11.9 Å². The smallest absolute Gasteiger partial charge is 0.391 e. The Bertz CT molecular complexity index is 1130. The Morgan fingerprint density at radius 3 is 2.77 bits per heavy atom.